The Morgan fingerprint density at radius 3 is 2.67 bits per heavy atom. The Morgan fingerprint density at radius 1 is 1.14 bits per heavy atom. The largest absolute Gasteiger partial charge is 0.396 e. The van der Waals surface area contributed by atoms with Crippen molar-refractivity contribution in [1.29, 1.82) is 0 Å². The summed E-state index contributed by atoms with van der Waals surface area (Å²) in [5.41, 5.74) is 2.44. The van der Waals surface area contributed by atoms with Crippen LogP contribution in [0.4, 0.5) is 4.79 Å². The van der Waals surface area contributed by atoms with Crippen LogP contribution in [0.25, 0.3) is 0 Å². The van der Waals surface area contributed by atoms with Crippen molar-refractivity contribution >= 4 is 6.03 Å². The summed E-state index contributed by atoms with van der Waals surface area (Å²) in [7, 11) is 0. The topological polar surface area (TPSA) is 61.4 Å². The van der Waals surface area contributed by atoms with Crippen LogP contribution in [0.3, 0.4) is 0 Å². The molecule has 2 aliphatic rings. The molecular formula is C17H24N2O2. The number of amides is 2. The van der Waals surface area contributed by atoms with Crippen LogP contribution in [0.1, 0.15) is 49.3 Å². The Kier molecular flexibility index (Phi) is 4.44. The van der Waals surface area contributed by atoms with Crippen LogP contribution in [0, 0.1) is 5.92 Å². The van der Waals surface area contributed by atoms with Crippen LogP contribution in [0.15, 0.2) is 24.3 Å². The van der Waals surface area contributed by atoms with Gasteiger partial charge in [0.2, 0.25) is 0 Å². The molecule has 0 heterocycles. The van der Waals surface area contributed by atoms with E-state index < -0.39 is 0 Å². The molecule has 1 aromatic carbocycles. The summed E-state index contributed by atoms with van der Waals surface area (Å²) in [6.45, 7) is 0.114. The molecular weight excluding hydrogens is 264 g/mol. The van der Waals surface area contributed by atoms with Gasteiger partial charge in [-0.25, -0.2) is 4.79 Å². The number of benzene rings is 1. The van der Waals surface area contributed by atoms with E-state index in [1.807, 2.05) is 12.1 Å². The zero-order chi connectivity index (χ0) is 14.7. The van der Waals surface area contributed by atoms with Gasteiger partial charge in [0.05, 0.1) is 6.04 Å². The first kappa shape index (κ1) is 14.4. The maximum atomic E-state index is 12.2. The van der Waals surface area contributed by atoms with Crippen molar-refractivity contribution < 1.29 is 9.90 Å². The number of carbonyl (C=O) groups is 1. The second kappa shape index (κ2) is 6.48. The summed E-state index contributed by atoms with van der Waals surface area (Å²) >= 11 is 0. The van der Waals surface area contributed by atoms with Crippen LogP contribution in [-0.4, -0.2) is 23.8 Å². The number of nitrogens with one attached hydrogen (secondary N) is 2. The maximum Gasteiger partial charge on any atom is 0.315 e. The molecule has 0 saturated heterocycles. The molecule has 1 saturated carbocycles. The molecule has 3 N–H and O–H groups in total. The lowest BCUT2D eigenvalue weighted by molar-refractivity contribution is 0.171. The monoisotopic (exact) mass is 288 g/mol. The predicted molar refractivity (Wildman–Crippen MR) is 82.0 cm³/mol. The van der Waals surface area contributed by atoms with Crippen molar-refractivity contribution in [2.45, 2.75) is 50.6 Å². The number of aliphatic hydroxyl groups is 1. The molecule has 0 aromatic heterocycles. The van der Waals surface area contributed by atoms with Gasteiger partial charge in [-0.05, 0) is 36.8 Å². The molecule has 1 fully saturated rings. The Balaban J connectivity index is 1.70. The van der Waals surface area contributed by atoms with Crippen molar-refractivity contribution in [1.82, 2.24) is 10.6 Å². The van der Waals surface area contributed by atoms with E-state index in [2.05, 4.69) is 22.8 Å². The van der Waals surface area contributed by atoms with Gasteiger partial charge in [-0.15, -0.1) is 0 Å². The van der Waals surface area contributed by atoms with Crippen molar-refractivity contribution in [2.75, 3.05) is 6.61 Å². The van der Waals surface area contributed by atoms with Crippen molar-refractivity contribution in [2.24, 2.45) is 5.92 Å². The fourth-order valence-electron chi connectivity index (χ4n) is 3.66. The number of fused-ring (bicyclic) bond motifs is 1. The normalized spacial score (nSPS) is 25.4. The van der Waals surface area contributed by atoms with Crippen LogP contribution >= 0.6 is 0 Å². The molecule has 0 radical (unpaired) electrons. The fourth-order valence-corrected chi connectivity index (χ4v) is 3.66. The quantitative estimate of drug-likeness (QED) is 0.800. The molecule has 21 heavy (non-hydrogen) atoms. The van der Waals surface area contributed by atoms with E-state index in [0.29, 0.717) is 6.04 Å². The highest BCUT2D eigenvalue weighted by molar-refractivity contribution is 5.75. The number of hydrogen-bond acceptors (Lipinski definition) is 2. The van der Waals surface area contributed by atoms with Crippen molar-refractivity contribution in [3.05, 3.63) is 35.4 Å². The molecule has 3 rings (SSSR count). The van der Waals surface area contributed by atoms with Gasteiger partial charge in [0.1, 0.15) is 0 Å². The molecule has 0 spiro atoms. The molecule has 1 aromatic rings. The Morgan fingerprint density at radius 2 is 1.90 bits per heavy atom. The smallest absolute Gasteiger partial charge is 0.315 e. The van der Waals surface area contributed by atoms with Crippen molar-refractivity contribution in [3.63, 3.8) is 0 Å². The van der Waals surface area contributed by atoms with Gasteiger partial charge in [0.25, 0.3) is 0 Å². The SMILES string of the molecule is O=C(NC1CCCC1)NC1c2ccccc2CCC1CO. The Hall–Kier alpha value is -1.55. The van der Waals surface area contributed by atoms with E-state index >= 15 is 0 Å². The first-order chi connectivity index (χ1) is 10.3. The molecule has 4 nitrogen and oxygen atoms in total. The third-order valence-electron chi connectivity index (χ3n) is 4.86. The number of hydrogen-bond donors (Lipinski definition) is 3. The van der Waals surface area contributed by atoms with Gasteiger partial charge < -0.3 is 15.7 Å². The summed E-state index contributed by atoms with van der Waals surface area (Å²) in [6.07, 6.45) is 6.47. The van der Waals surface area contributed by atoms with E-state index in [4.69, 9.17) is 0 Å². The van der Waals surface area contributed by atoms with E-state index in [0.717, 1.165) is 31.2 Å². The summed E-state index contributed by atoms with van der Waals surface area (Å²) in [6, 6.07) is 8.36. The second-order valence-electron chi connectivity index (χ2n) is 6.26. The molecule has 2 aliphatic carbocycles. The van der Waals surface area contributed by atoms with E-state index in [9.17, 15) is 9.90 Å². The maximum absolute atomic E-state index is 12.2. The van der Waals surface area contributed by atoms with Crippen LogP contribution in [-0.2, 0) is 6.42 Å². The third-order valence-corrected chi connectivity index (χ3v) is 4.86. The average molecular weight is 288 g/mol. The lowest BCUT2D eigenvalue weighted by atomic mass is 9.80. The van der Waals surface area contributed by atoms with Gasteiger partial charge in [-0.1, -0.05) is 37.1 Å². The van der Waals surface area contributed by atoms with Crippen LogP contribution in [0.2, 0.25) is 0 Å². The van der Waals surface area contributed by atoms with Gasteiger partial charge in [-0.3, -0.25) is 0 Å². The Labute approximate surface area is 125 Å². The van der Waals surface area contributed by atoms with Gasteiger partial charge in [-0.2, -0.15) is 0 Å². The molecule has 2 atom stereocenters. The second-order valence-corrected chi connectivity index (χ2v) is 6.26. The molecule has 2 amide bonds. The predicted octanol–water partition coefficient (Wildman–Crippen LogP) is 2.52. The molecule has 0 aliphatic heterocycles. The highest BCUT2D eigenvalue weighted by Gasteiger charge is 2.30. The zero-order valence-corrected chi connectivity index (χ0v) is 12.3. The minimum Gasteiger partial charge on any atom is -0.396 e. The molecule has 4 heteroatoms. The van der Waals surface area contributed by atoms with Gasteiger partial charge in [0.15, 0.2) is 0 Å². The highest BCUT2D eigenvalue weighted by atomic mass is 16.3. The summed E-state index contributed by atoms with van der Waals surface area (Å²) < 4.78 is 0. The average Bonchev–Trinajstić information content (AvgIpc) is 3.00. The van der Waals surface area contributed by atoms with Crippen LogP contribution < -0.4 is 10.6 Å². The van der Waals surface area contributed by atoms with Gasteiger partial charge >= 0.3 is 6.03 Å². The number of urea groups is 1. The number of aryl methyl sites for hydroxylation is 1. The number of aliphatic hydroxyl groups excluding tert-OH is 1. The van der Waals surface area contributed by atoms with Crippen molar-refractivity contribution in [3.8, 4) is 0 Å². The minimum atomic E-state index is -0.0953. The Bertz CT molecular complexity index is 497. The lowest BCUT2D eigenvalue weighted by Crippen LogP contribution is -2.45. The standard InChI is InChI=1S/C17H24N2O2/c20-11-13-10-9-12-5-1-4-8-15(12)16(13)19-17(21)18-14-6-2-3-7-14/h1,4-5,8,13-14,16,20H,2-3,6-7,9-11H2,(H2,18,19,21). The third kappa shape index (κ3) is 3.21. The summed E-state index contributed by atoms with van der Waals surface area (Å²) in [4.78, 5) is 12.2. The number of carbonyl (C=O) groups excluding carboxylic acids is 1. The first-order valence-corrected chi connectivity index (χ1v) is 8.03. The van der Waals surface area contributed by atoms with E-state index in [1.165, 1.54) is 18.4 Å². The summed E-state index contributed by atoms with van der Waals surface area (Å²) in [5.74, 6) is 0.106. The molecule has 0 bridgehead atoms. The number of rotatable bonds is 3. The molecule has 114 valence electrons. The molecule has 2 unspecified atom stereocenters. The van der Waals surface area contributed by atoms with E-state index in [-0.39, 0.29) is 24.6 Å². The van der Waals surface area contributed by atoms with Gasteiger partial charge in [0, 0.05) is 18.6 Å². The van der Waals surface area contributed by atoms with Crippen LogP contribution in [0.5, 0.6) is 0 Å². The minimum absolute atomic E-state index is 0.0821. The first-order valence-electron chi connectivity index (χ1n) is 8.03. The lowest BCUT2D eigenvalue weighted by Gasteiger charge is -2.33. The highest BCUT2D eigenvalue weighted by Crippen LogP contribution is 2.34. The summed E-state index contributed by atoms with van der Waals surface area (Å²) in [5, 5.41) is 15.8. The fraction of sp³-hybridized carbons (Fsp3) is 0.588. The zero-order valence-electron chi connectivity index (χ0n) is 12.3. The van der Waals surface area contributed by atoms with E-state index in [1.54, 1.807) is 0 Å².